The van der Waals surface area contributed by atoms with Crippen LogP contribution in [0.2, 0.25) is 0 Å². The molecular formula is C13H18N2. The van der Waals surface area contributed by atoms with E-state index in [1.54, 1.807) is 0 Å². The first-order valence-corrected chi connectivity index (χ1v) is 5.18. The molecule has 0 saturated carbocycles. The van der Waals surface area contributed by atoms with Gasteiger partial charge in [0.05, 0.1) is 6.54 Å². The molecule has 0 aromatic heterocycles. The normalized spacial score (nSPS) is 10.3. The van der Waals surface area contributed by atoms with Crippen LogP contribution in [0, 0.1) is 19.3 Å². The van der Waals surface area contributed by atoms with E-state index >= 15 is 0 Å². The van der Waals surface area contributed by atoms with E-state index in [0.29, 0.717) is 6.54 Å². The Morgan fingerprint density at radius 2 is 2.20 bits per heavy atom. The number of nitrogen functional groups attached to an aromatic ring is 1. The molecule has 2 N–H and O–H groups in total. The number of nitrogens with zero attached hydrogens (tertiary/aromatic N) is 1. The summed E-state index contributed by atoms with van der Waals surface area (Å²) >= 11 is 0. The highest BCUT2D eigenvalue weighted by atomic mass is 15.1. The largest absolute Gasteiger partial charge is 0.399 e. The summed E-state index contributed by atoms with van der Waals surface area (Å²) in [6.07, 6.45) is 5.30. The molecule has 2 nitrogen and oxygen atoms in total. The summed E-state index contributed by atoms with van der Waals surface area (Å²) in [7, 11) is 0. The number of benzene rings is 1. The summed E-state index contributed by atoms with van der Waals surface area (Å²) in [4.78, 5) is 2.21. The molecule has 0 atom stereocenters. The van der Waals surface area contributed by atoms with Crippen molar-refractivity contribution in [2.45, 2.75) is 20.4 Å². The van der Waals surface area contributed by atoms with Crippen molar-refractivity contribution < 1.29 is 0 Å². The Hall–Kier alpha value is -1.46. The summed E-state index contributed by atoms with van der Waals surface area (Å²) in [6, 6.07) is 6.13. The molecule has 0 saturated heterocycles. The Bertz CT molecular complexity index is 363. The lowest BCUT2D eigenvalue weighted by Gasteiger charge is -2.17. The fourth-order valence-electron chi connectivity index (χ4n) is 1.50. The van der Waals surface area contributed by atoms with Gasteiger partial charge >= 0.3 is 0 Å². The average Bonchev–Trinajstić information content (AvgIpc) is 2.23. The molecule has 1 rings (SSSR count). The molecular weight excluding hydrogens is 184 g/mol. The first-order valence-electron chi connectivity index (χ1n) is 5.18. The molecule has 0 bridgehead atoms. The number of nitrogens with two attached hydrogens (primary N) is 1. The smallest absolute Gasteiger partial charge is 0.0601 e. The maximum absolute atomic E-state index is 5.76. The Balaban J connectivity index is 2.71. The molecule has 15 heavy (non-hydrogen) atoms. The summed E-state index contributed by atoms with van der Waals surface area (Å²) in [5.74, 6) is 2.67. The van der Waals surface area contributed by atoms with Gasteiger partial charge < -0.3 is 5.73 Å². The quantitative estimate of drug-likeness (QED) is 0.598. The highest BCUT2D eigenvalue weighted by Gasteiger charge is 2.02. The lowest BCUT2D eigenvalue weighted by atomic mass is 10.1. The van der Waals surface area contributed by atoms with Crippen molar-refractivity contribution in [3.63, 3.8) is 0 Å². The van der Waals surface area contributed by atoms with E-state index in [1.807, 2.05) is 13.0 Å². The average molecular weight is 202 g/mol. The standard InChI is InChI=1S/C13H18N2/c1-4-8-15(5-2)10-12-6-7-13(14)11(3)9-12/h1,6-7,9H,5,8,10,14H2,2-3H3. The molecule has 0 unspecified atom stereocenters. The van der Waals surface area contributed by atoms with Crippen LogP contribution in [0.4, 0.5) is 5.69 Å². The van der Waals surface area contributed by atoms with Gasteiger partial charge in [0.2, 0.25) is 0 Å². The number of hydrogen-bond acceptors (Lipinski definition) is 2. The SMILES string of the molecule is C#CCN(CC)Cc1ccc(N)c(C)c1. The predicted octanol–water partition coefficient (Wildman–Crippen LogP) is 2.03. The van der Waals surface area contributed by atoms with E-state index < -0.39 is 0 Å². The molecule has 1 aromatic carbocycles. The van der Waals surface area contributed by atoms with Crippen molar-refractivity contribution in [1.82, 2.24) is 4.90 Å². The van der Waals surface area contributed by atoms with Crippen molar-refractivity contribution in [1.29, 1.82) is 0 Å². The number of rotatable bonds is 4. The molecule has 0 fully saturated rings. The number of hydrogen-bond donors (Lipinski definition) is 1. The van der Waals surface area contributed by atoms with E-state index in [4.69, 9.17) is 12.2 Å². The van der Waals surface area contributed by atoms with Crippen LogP contribution in [0.1, 0.15) is 18.1 Å². The highest BCUT2D eigenvalue weighted by molar-refractivity contribution is 5.47. The van der Waals surface area contributed by atoms with Gasteiger partial charge in [0, 0.05) is 12.2 Å². The fourth-order valence-corrected chi connectivity index (χ4v) is 1.50. The minimum atomic E-state index is 0.694. The van der Waals surface area contributed by atoms with Crippen molar-refractivity contribution in [3.8, 4) is 12.3 Å². The highest BCUT2D eigenvalue weighted by Crippen LogP contribution is 2.14. The fraction of sp³-hybridized carbons (Fsp3) is 0.385. The van der Waals surface area contributed by atoms with Crippen LogP contribution in [0.5, 0.6) is 0 Å². The van der Waals surface area contributed by atoms with Gasteiger partial charge in [-0.1, -0.05) is 25.0 Å². The molecule has 0 aliphatic carbocycles. The van der Waals surface area contributed by atoms with Crippen molar-refractivity contribution >= 4 is 5.69 Å². The minimum absolute atomic E-state index is 0.694. The summed E-state index contributed by atoms with van der Waals surface area (Å²) in [5.41, 5.74) is 9.00. The molecule has 0 spiro atoms. The third-order valence-electron chi connectivity index (χ3n) is 2.50. The van der Waals surface area contributed by atoms with Crippen LogP contribution in [0.15, 0.2) is 18.2 Å². The second kappa shape index (κ2) is 5.43. The second-order valence-electron chi connectivity index (χ2n) is 3.70. The first kappa shape index (κ1) is 11.6. The Morgan fingerprint density at radius 1 is 1.47 bits per heavy atom. The van der Waals surface area contributed by atoms with Crippen LogP contribution in [-0.4, -0.2) is 18.0 Å². The molecule has 0 radical (unpaired) electrons. The van der Waals surface area contributed by atoms with Gasteiger partial charge in [-0.25, -0.2) is 0 Å². The lowest BCUT2D eigenvalue weighted by molar-refractivity contribution is 0.316. The zero-order chi connectivity index (χ0) is 11.3. The van der Waals surface area contributed by atoms with Gasteiger partial charge in [-0.05, 0) is 30.7 Å². The molecule has 1 aromatic rings. The van der Waals surface area contributed by atoms with Crippen LogP contribution in [-0.2, 0) is 6.54 Å². The Morgan fingerprint density at radius 3 is 2.73 bits per heavy atom. The van der Waals surface area contributed by atoms with E-state index in [0.717, 1.165) is 24.3 Å². The van der Waals surface area contributed by atoms with Crippen LogP contribution in [0.25, 0.3) is 0 Å². The number of aryl methyl sites for hydroxylation is 1. The molecule has 80 valence electrons. The first-order chi connectivity index (χ1) is 7.17. The lowest BCUT2D eigenvalue weighted by Crippen LogP contribution is -2.23. The van der Waals surface area contributed by atoms with E-state index in [9.17, 15) is 0 Å². The van der Waals surface area contributed by atoms with E-state index in [1.165, 1.54) is 5.56 Å². The topological polar surface area (TPSA) is 29.3 Å². The van der Waals surface area contributed by atoms with Crippen molar-refractivity contribution in [2.75, 3.05) is 18.8 Å². The third kappa shape index (κ3) is 3.30. The third-order valence-corrected chi connectivity index (χ3v) is 2.50. The molecule has 0 amide bonds. The summed E-state index contributed by atoms with van der Waals surface area (Å²) in [6.45, 7) is 6.69. The van der Waals surface area contributed by atoms with Gasteiger partial charge in [0.25, 0.3) is 0 Å². The Kier molecular flexibility index (Phi) is 4.20. The molecule has 2 heteroatoms. The zero-order valence-corrected chi connectivity index (χ0v) is 9.46. The van der Waals surface area contributed by atoms with E-state index in [2.05, 4.69) is 29.9 Å². The van der Waals surface area contributed by atoms with Gasteiger partial charge in [-0.15, -0.1) is 6.42 Å². The second-order valence-corrected chi connectivity index (χ2v) is 3.70. The summed E-state index contributed by atoms with van der Waals surface area (Å²) in [5, 5.41) is 0. The minimum Gasteiger partial charge on any atom is -0.399 e. The summed E-state index contributed by atoms with van der Waals surface area (Å²) < 4.78 is 0. The van der Waals surface area contributed by atoms with Crippen LogP contribution >= 0.6 is 0 Å². The van der Waals surface area contributed by atoms with Crippen LogP contribution in [0.3, 0.4) is 0 Å². The van der Waals surface area contributed by atoms with Gasteiger partial charge in [0.15, 0.2) is 0 Å². The molecule has 0 heterocycles. The van der Waals surface area contributed by atoms with Gasteiger partial charge in [-0.2, -0.15) is 0 Å². The van der Waals surface area contributed by atoms with Gasteiger partial charge in [0.1, 0.15) is 0 Å². The zero-order valence-electron chi connectivity index (χ0n) is 9.46. The van der Waals surface area contributed by atoms with Gasteiger partial charge in [-0.3, -0.25) is 4.90 Å². The van der Waals surface area contributed by atoms with Crippen molar-refractivity contribution in [3.05, 3.63) is 29.3 Å². The van der Waals surface area contributed by atoms with E-state index in [-0.39, 0.29) is 0 Å². The monoisotopic (exact) mass is 202 g/mol. The van der Waals surface area contributed by atoms with Crippen molar-refractivity contribution in [2.24, 2.45) is 0 Å². The van der Waals surface area contributed by atoms with Crippen LogP contribution < -0.4 is 5.73 Å². The number of anilines is 1. The maximum atomic E-state index is 5.76. The number of terminal acetylenes is 1. The molecule has 0 aliphatic heterocycles. The predicted molar refractivity (Wildman–Crippen MR) is 65.4 cm³/mol. The maximum Gasteiger partial charge on any atom is 0.0601 e. The molecule has 0 aliphatic rings. The Labute approximate surface area is 92.1 Å².